The van der Waals surface area contributed by atoms with E-state index in [1.165, 1.54) is 0 Å². The fourth-order valence-corrected chi connectivity index (χ4v) is 2.16. The molecule has 1 aromatic carbocycles. The van der Waals surface area contributed by atoms with Crippen LogP contribution >= 0.6 is 0 Å². The van der Waals surface area contributed by atoms with Crippen molar-refractivity contribution < 1.29 is 13.9 Å². The number of hydrogen-bond acceptors (Lipinski definition) is 5. The molecule has 118 valence electrons. The van der Waals surface area contributed by atoms with Crippen LogP contribution in [-0.4, -0.2) is 20.7 Å². The molecule has 0 unspecified atom stereocenters. The third-order valence-corrected chi connectivity index (χ3v) is 3.52. The van der Waals surface area contributed by atoms with Gasteiger partial charge in [0, 0.05) is 18.8 Å². The molecular formula is C17H17N3O3. The summed E-state index contributed by atoms with van der Waals surface area (Å²) in [7, 11) is 1.78. The number of benzene rings is 1. The Hall–Kier alpha value is -2.89. The van der Waals surface area contributed by atoms with E-state index in [-0.39, 0.29) is 5.89 Å². The first kappa shape index (κ1) is 15.0. The Balaban J connectivity index is 1.73. The van der Waals surface area contributed by atoms with Crippen LogP contribution in [0.25, 0.3) is 11.5 Å². The number of carbonyl (C=O) groups excluding carboxylic acids is 1. The summed E-state index contributed by atoms with van der Waals surface area (Å²) in [6.45, 7) is 3.71. The molecule has 0 aliphatic heterocycles. The molecule has 0 aliphatic carbocycles. The van der Waals surface area contributed by atoms with Crippen LogP contribution in [0, 0.1) is 6.92 Å². The fraction of sp³-hybridized carbons (Fsp3) is 0.235. The molecule has 0 amide bonds. The minimum atomic E-state index is -0.621. The first-order valence-electron chi connectivity index (χ1n) is 7.27. The van der Waals surface area contributed by atoms with Gasteiger partial charge in [-0.15, -0.1) is 10.2 Å². The summed E-state index contributed by atoms with van der Waals surface area (Å²) in [6, 6.07) is 11.2. The number of esters is 1. The van der Waals surface area contributed by atoms with Crippen molar-refractivity contribution in [3.8, 4) is 11.5 Å². The van der Waals surface area contributed by atoms with Gasteiger partial charge in [0.2, 0.25) is 5.89 Å². The van der Waals surface area contributed by atoms with Crippen LogP contribution in [0.15, 0.2) is 47.0 Å². The smallest absolute Gasteiger partial charge is 0.355 e. The van der Waals surface area contributed by atoms with Gasteiger partial charge in [0.05, 0.1) is 0 Å². The lowest BCUT2D eigenvalue weighted by Crippen LogP contribution is -2.12. The molecule has 23 heavy (non-hydrogen) atoms. The summed E-state index contributed by atoms with van der Waals surface area (Å²) in [4.78, 5) is 12.1. The van der Waals surface area contributed by atoms with Gasteiger partial charge in [-0.05, 0) is 38.1 Å². The topological polar surface area (TPSA) is 70.2 Å². The van der Waals surface area contributed by atoms with Gasteiger partial charge in [-0.25, -0.2) is 4.79 Å². The summed E-state index contributed by atoms with van der Waals surface area (Å²) >= 11 is 0. The maximum atomic E-state index is 12.1. The molecule has 0 fully saturated rings. The number of aromatic nitrogens is 3. The van der Waals surface area contributed by atoms with Crippen molar-refractivity contribution in [2.75, 3.05) is 0 Å². The Labute approximate surface area is 133 Å². The molecule has 2 aromatic heterocycles. The molecule has 0 saturated carbocycles. The Morgan fingerprint density at radius 2 is 1.96 bits per heavy atom. The van der Waals surface area contributed by atoms with Gasteiger partial charge in [0.15, 0.2) is 6.10 Å². The number of ether oxygens (including phenoxy) is 1. The third kappa shape index (κ3) is 3.15. The molecule has 3 aromatic rings. The van der Waals surface area contributed by atoms with E-state index in [1.807, 2.05) is 31.2 Å². The van der Waals surface area contributed by atoms with Crippen LogP contribution in [0.3, 0.4) is 0 Å². The normalized spacial score (nSPS) is 12.1. The van der Waals surface area contributed by atoms with E-state index in [0.717, 1.165) is 11.1 Å². The van der Waals surface area contributed by atoms with Crippen LogP contribution < -0.4 is 0 Å². The summed E-state index contributed by atoms with van der Waals surface area (Å²) in [5.41, 5.74) is 2.45. The van der Waals surface area contributed by atoms with Crippen LogP contribution in [0.2, 0.25) is 0 Å². The van der Waals surface area contributed by atoms with Gasteiger partial charge in [-0.1, -0.05) is 17.7 Å². The van der Waals surface area contributed by atoms with Gasteiger partial charge in [0.1, 0.15) is 5.69 Å². The molecule has 0 aliphatic rings. The average Bonchev–Trinajstić information content (AvgIpc) is 3.17. The Morgan fingerprint density at radius 1 is 1.22 bits per heavy atom. The van der Waals surface area contributed by atoms with E-state index in [4.69, 9.17) is 9.15 Å². The molecule has 0 spiro atoms. The first-order valence-corrected chi connectivity index (χ1v) is 7.27. The highest BCUT2D eigenvalue weighted by molar-refractivity contribution is 5.87. The fourth-order valence-electron chi connectivity index (χ4n) is 2.16. The number of hydrogen-bond donors (Lipinski definition) is 0. The van der Waals surface area contributed by atoms with Crippen LogP contribution in [-0.2, 0) is 11.8 Å². The van der Waals surface area contributed by atoms with E-state index in [2.05, 4.69) is 10.2 Å². The van der Waals surface area contributed by atoms with Gasteiger partial charge >= 0.3 is 5.97 Å². The molecule has 3 rings (SSSR count). The molecule has 0 bridgehead atoms. The van der Waals surface area contributed by atoms with Crippen molar-refractivity contribution in [2.45, 2.75) is 20.0 Å². The lowest BCUT2D eigenvalue weighted by atomic mass is 10.1. The molecule has 0 saturated heterocycles. The maximum absolute atomic E-state index is 12.1. The highest BCUT2D eigenvalue weighted by atomic mass is 16.6. The van der Waals surface area contributed by atoms with Crippen molar-refractivity contribution in [1.82, 2.24) is 14.8 Å². The van der Waals surface area contributed by atoms with Crippen molar-refractivity contribution in [1.29, 1.82) is 0 Å². The number of aryl methyl sites for hydroxylation is 2. The van der Waals surface area contributed by atoms with Crippen LogP contribution in [0.1, 0.15) is 35.0 Å². The molecule has 0 radical (unpaired) electrons. The van der Waals surface area contributed by atoms with E-state index in [1.54, 1.807) is 36.9 Å². The Kier molecular flexibility index (Phi) is 3.97. The maximum Gasteiger partial charge on any atom is 0.355 e. The number of nitrogens with zero attached hydrogens (tertiary/aromatic N) is 3. The predicted octanol–water partition coefficient (Wildman–Crippen LogP) is 3.30. The second-order valence-corrected chi connectivity index (χ2v) is 5.36. The van der Waals surface area contributed by atoms with Gasteiger partial charge in [-0.3, -0.25) is 0 Å². The SMILES string of the molecule is Cc1ccc(-c2nnc([C@H](C)OC(=O)c3cccn3C)o2)cc1. The van der Waals surface area contributed by atoms with E-state index >= 15 is 0 Å². The van der Waals surface area contributed by atoms with Crippen molar-refractivity contribution in [2.24, 2.45) is 7.05 Å². The highest BCUT2D eigenvalue weighted by Crippen LogP contribution is 2.23. The van der Waals surface area contributed by atoms with Crippen molar-refractivity contribution in [3.05, 3.63) is 59.7 Å². The van der Waals surface area contributed by atoms with E-state index in [0.29, 0.717) is 11.6 Å². The summed E-state index contributed by atoms with van der Waals surface area (Å²) < 4.78 is 12.7. The molecule has 6 nitrogen and oxygen atoms in total. The second-order valence-electron chi connectivity index (χ2n) is 5.36. The highest BCUT2D eigenvalue weighted by Gasteiger charge is 2.21. The molecule has 6 heteroatoms. The second kappa shape index (κ2) is 6.08. The molecule has 1 atom stereocenters. The Morgan fingerprint density at radius 3 is 2.61 bits per heavy atom. The van der Waals surface area contributed by atoms with Crippen molar-refractivity contribution >= 4 is 5.97 Å². The zero-order chi connectivity index (χ0) is 16.4. The quantitative estimate of drug-likeness (QED) is 0.691. The summed E-state index contributed by atoms with van der Waals surface area (Å²) in [5, 5.41) is 7.98. The predicted molar refractivity (Wildman–Crippen MR) is 83.7 cm³/mol. The zero-order valence-corrected chi connectivity index (χ0v) is 13.2. The standard InChI is InChI=1S/C17H17N3O3/c1-11-6-8-13(9-7-11)16-19-18-15(23-16)12(2)22-17(21)14-5-4-10-20(14)3/h4-10,12H,1-3H3/t12-/m0/s1. The number of carbonyl (C=O) groups is 1. The molecular weight excluding hydrogens is 294 g/mol. The largest absolute Gasteiger partial charge is 0.448 e. The molecule has 0 N–H and O–H groups in total. The van der Waals surface area contributed by atoms with Gasteiger partial charge in [-0.2, -0.15) is 0 Å². The Bertz CT molecular complexity index is 818. The third-order valence-electron chi connectivity index (χ3n) is 3.52. The zero-order valence-electron chi connectivity index (χ0n) is 13.2. The van der Waals surface area contributed by atoms with Crippen molar-refractivity contribution in [3.63, 3.8) is 0 Å². The minimum absolute atomic E-state index is 0.267. The molecule has 2 heterocycles. The van der Waals surface area contributed by atoms with Crippen LogP contribution in [0.4, 0.5) is 0 Å². The minimum Gasteiger partial charge on any atom is -0.448 e. The lowest BCUT2D eigenvalue weighted by molar-refractivity contribution is 0.0269. The monoisotopic (exact) mass is 311 g/mol. The summed E-state index contributed by atoms with van der Waals surface area (Å²) in [6.07, 6.45) is 1.16. The first-order chi connectivity index (χ1) is 11.0. The van der Waals surface area contributed by atoms with Crippen LogP contribution in [0.5, 0.6) is 0 Å². The lowest BCUT2D eigenvalue weighted by Gasteiger charge is -2.09. The van der Waals surface area contributed by atoms with E-state index < -0.39 is 12.1 Å². The van der Waals surface area contributed by atoms with E-state index in [9.17, 15) is 4.79 Å². The average molecular weight is 311 g/mol. The van der Waals surface area contributed by atoms with Gasteiger partial charge < -0.3 is 13.7 Å². The summed E-state index contributed by atoms with van der Waals surface area (Å²) in [5.74, 6) is 0.241. The van der Waals surface area contributed by atoms with Gasteiger partial charge in [0.25, 0.3) is 5.89 Å². The number of rotatable bonds is 4.